The van der Waals surface area contributed by atoms with E-state index in [1.54, 1.807) is 30.3 Å². The minimum Gasteiger partial charge on any atom is -0.480 e. The van der Waals surface area contributed by atoms with Gasteiger partial charge < -0.3 is 20.5 Å². The number of halogens is 1. The van der Waals surface area contributed by atoms with Crippen molar-refractivity contribution in [1.82, 2.24) is 5.32 Å². The van der Waals surface area contributed by atoms with Gasteiger partial charge in [0.25, 0.3) is 11.8 Å². The number of hydrogen-bond acceptors (Lipinski definition) is 4. The Balaban J connectivity index is 1.25. The first-order chi connectivity index (χ1) is 23.8. The Bertz CT molecular complexity index is 1880. The second-order valence-corrected chi connectivity index (χ2v) is 12.7. The lowest BCUT2D eigenvalue weighted by Gasteiger charge is -2.17. The number of nitrogens with one attached hydrogen (secondary N) is 2. The van der Waals surface area contributed by atoms with Crippen molar-refractivity contribution in [3.8, 4) is 22.6 Å². The molecule has 5 rings (SSSR count). The van der Waals surface area contributed by atoms with Crippen LogP contribution in [-0.4, -0.2) is 28.9 Å². The van der Waals surface area contributed by atoms with Crippen LogP contribution in [0.15, 0.2) is 126 Å². The maximum atomic E-state index is 13.5. The number of benzene rings is 5. The standard InChI is InChI=1S/C41H39BrN2O5/c1-2-3-4-6-11-28-16-22-31(23-17-28)39(45)43-36-25-24-32(42)27-35(36)40(46)44-37(41(47)48)26-29-18-20-30(21-19-29)34-14-9-10-15-38(34)49-33-12-7-5-8-13-33/h5,7-10,12-25,27,37H,2-4,6,11,26H2,1H3,(H,43,45)(H,44,46)(H,47,48)/t37-/m0/s1. The van der Waals surface area contributed by atoms with Gasteiger partial charge in [0.2, 0.25) is 0 Å². The molecule has 5 aromatic carbocycles. The molecule has 0 spiro atoms. The van der Waals surface area contributed by atoms with Gasteiger partial charge in [-0.1, -0.05) is 115 Å². The molecule has 8 heteroatoms. The Morgan fingerprint density at radius 3 is 2.16 bits per heavy atom. The number of aliphatic carboxylic acids is 1. The molecule has 0 aliphatic carbocycles. The van der Waals surface area contributed by atoms with Crippen LogP contribution in [0.2, 0.25) is 0 Å². The van der Waals surface area contributed by atoms with Crippen LogP contribution in [0.25, 0.3) is 11.1 Å². The van der Waals surface area contributed by atoms with Crippen LogP contribution in [0.5, 0.6) is 11.5 Å². The van der Waals surface area contributed by atoms with Crippen molar-refractivity contribution in [2.45, 2.75) is 51.5 Å². The monoisotopic (exact) mass is 718 g/mol. The van der Waals surface area contributed by atoms with Gasteiger partial charge in [-0.05, 0) is 78.1 Å². The topological polar surface area (TPSA) is 105 Å². The predicted molar refractivity (Wildman–Crippen MR) is 197 cm³/mol. The third-order valence-corrected chi connectivity index (χ3v) is 8.67. The van der Waals surface area contributed by atoms with Gasteiger partial charge in [0.05, 0.1) is 11.3 Å². The summed E-state index contributed by atoms with van der Waals surface area (Å²) >= 11 is 3.39. The van der Waals surface area contributed by atoms with Crippen molar-refractivity contribution >= 4 is 39.4 Å². The Labute approximate surface area is 295 Å². The fraction of sp³-hybridized carbons (Fsp3) is 0.195. The van der Waals surface area contributed by atoms with Gasteiger partial charge in [0.15, 0.2) is 0 Å². The molecule has 0 saturated carbocycles. The number of para-hydroxylation sites is 2. The number of anilines is 1. The summed E-state index contributed by atoms with van der Waals surface area (Å²) in [5, 5.41) is 15.5. The van der Waals surface area contributed by atoms with Crippen LogP contribution in [0.3, 0.4) is 0 Å². The van der Waals surface area contributed by atoms with Crippen LogP contribution in [-0.2, 0) is 17.6 Å². The van der Waals surface area contributed by atoms with Crippen molar-refractivity contribution in [2.75, 3.05) is 5.32 Å². The number of carboxylic acid groups (broad SMARTS) is 1. The molecule has 0 saturated heterocycles. The zero-order chi connectivity index (χ0) is 34.6. The molecule has 49 heavy (non-hydrogen) atoms. The SMILES string of the molecule is CCCCCCc1ccc(C(=O)Nc2ccc(Br)cc2C(=O)N[C@@H](Cc2ccc(-c3ccccc3Oc3ccccc3)cc2)C(=O)O)cc1. The third kappa shape index (κ3) is 9.90. The summed E-state index contributed by atoms with van der Waals surface area (Å²) in [6.07, 6.45) is 5.71. The summed E-state index contributed by atoms with van der Waals surface area (Å²) in [6, 6.07) is 35.9. The number of aryl methyl sites for hydroxylation is 1. The lowest BCUT2D eigenvalue weighted by molar-refractivity contribution is -0.139. The van der Waals surface area contributed by atoms with Gasteiger partial charge in [0, 0.05) is 22.0 Å². The highest BCUT2D eigenvalue weighted by Crippen LogP contribution is 2.33. The molecular weight excluding hydrogens is 680 g/mol. The first-order valence-electron chi connectivity index (χ1n) is 16.5. The summed E-state index contributed by atoms with van der Waals surface area (Å²) in [6.45, 7) is 2.18. The maximum Gasteiger partial charge on any atom is 0.326 e. The second kappa shape index (κ2) is 17.3. The fourth-order valence-corrected chi connectivity index (χ4v) is 5.85. The van der Waals surface area contributed by atoms with Gasteiger partial charge in [0.1, 0.15) is 17.5 Å². The van der Waals surface area contributed by atoms with E-state index in [4.69, 9.17) is 4.74 Å². The average Bonchev–Trinajstić information content (AvgIpc) is 3.12. The zero-order valence-electron chi connectivity index (χ0n) is 27.3. The van der Waals surface area contributed by atoms with Crippen molar-refractivity contribution in [3.05, 3.63) is 148 Å². The normalized spacial score (nSPS) is 11.4. The second-order valence-electron chi connectivity index (χ2n) is 11.8. The Morgan fingerprint density at radius 1 is 0.755 bits per heavy atom. The largest absolute Gasteiger partial charge is 0.480 e. The zero-order valence-corrected chi connectivity index (χ0v) is 28.9. The quantitative estimate of drug-likeness (QED) is 0.0935. The third-order valence-electron chi connectivity index (χ3n) is 8.18. The van der Waals surface area contributed by atoms with Gasteiger partial charge >= 0.3 is 5.97 Å². The number of amides is 2. The van der Waals surface area contributed by atoms with E-state index < -0.39 is 17.9 Å². The summed E-state index contributed by atoms with van der Waals surface area (Å²) in [5.74, 6) is -0.727. The number of carboxylic acids is 1. The number of carbonyl (C=O) groups excluding carboxylic acids is 2. The molecule has 3 N–H and O–H groups in total. The van der Waals surface area contributed by atoms with Gasteiger partial charge in [-0.2, -0.15) is 0 Å². The van der Waals surface area contributed by atoms with Crippen LogP contribution < -0.4 is 15.4 Å². The maximum absolute atomic E-state index is 13.5. The van der Waals surface area contributed by atoms with E-state index in [-0.39, 0.29) is 23.6 Å². The molecule has 2 amide bonds. The first-order valence-corrected chi connectivity index (χ1v) is 17.2. The van der Waals surface area contributed by atoms with Gasteiger partial charge in [-0.3, -0.25) is 9.59 Å². The molecule has 0 fully saturated rings. The lowest BCUT2D eigenvalue weighted by Crippen LogP contribution is -2.42. The van der Waals surface area contributed by atoms with Gasteiger partial charge in [-0.25, -0.2) is 4.79 Å². The van der Waals surface area contributed by atoms with E-state index in [2.05, 4.69) is 33.5 Å². The molecule has 0 radical (unpaired) electrons. The molecule has 250 valence electrons. The lowest BCUT2D eigenvalue weighted by atomic mass is 9.99. The van der Waals surface area contributed by atoms with Crippen molar-refractivity contribution in [3.63, 3.8) is 0 Å². The molecular formula is C41H39BrN2O5. The number of ether oxygens (including phenoxy) is 1. The molecule has 0 unspecified atom stereocenters. The van der Waals surface area contributed by atoms with Crippen molar-refractivity contribution < 1.29 is 24.2 Å². The van der Waals surface area contributed by atoms with Crippen LogP contribution in [0.4, 0.5) is 5.69 Å². The highest BCUT2D eigenvalue weighted by molar-refractivity contribution is 9.10. The minimum atomic E-state index is -1.21. The molecule has 1 atom stereocenters. The van der Waals surface area contributed by atoms with E-state index in [0.29, 0.717) is 15.8 Å². The first kappa shape index (κ1) is 35.1. The summed E-state index contributed by atoms with van der Waals surface area (Å²) in [7, 11) is 0. The summed E-state index contributed by atoms with van der Waals surface area (Å²) in [5.41, 5.74) is 4.59. The summed E-state index contributed by atoms with van der Waals surface area (Å²) in [4.78, 5) is 38.9. The molecule has 0 aliphatic heterocycles. The molecule has 5 aromatic rings. The summed E-state index contributed by atoms with van der Waals surface area (Å²) < 4.78 is 6.73. The van der Waals surface area contributed by atoms with Crippen LogP contribution in [0.1, 0.15) is 64.4 Å². The van der Waals surface area contributed by atoms with Crippen LogP contribution in [0, 0.1) is 0 Å². The Morgan fingerprint density at radius 2 is 1.45 bits per heavy atom. The molecule has 0 aliphatic rings. The van der Waals surface area contributed by atoms with E-state index in [1.807, 2.05) is 91.0 Å². The number of rotatable bonds is 15. The van der Waals surface area contributed by atoms with Gasteiger partial charge in [-0.15, -0.1) is 0 Å². The van der Waals surface area contributed by atoms with E-state index in [9.17, 15) is 19.5 Å². The molecule has 0 aromatic heterocycles. The molecule has 0 heterocycles. The number of hydrogen-bond donors (Lipinski definition) is 3. The molecule has 0 bridgehead atoms. The highest BCUT2D eigenvalue weighted by Gasteiger charge is 2.24. The van der Waals surface area contributed by atoms with Crippen molar-refractivity contribution in [2.24, 2.45) is 0 Å². The Kier molecular flexibility index (Phi) is 12.4. The molecule has 7 nitrogen and oxygen atoms in total. The van der Waals surface area contributed by atoms with E-state index >= 15 is 0 Å². The number of unbranched alkanes of at least 4 members (excludes halogenated alkanes) is 3. The Hall–Kier alpha value is -5.21. The highest BCUT2D eigenvalue weighted by atomic mass is 79.9. The van der Waals surface area contributed by atoms with Crippen LogP contribution >= 0.6 is 15.9 Å². The smallest absolute Gasteiger partial charge is 0.326 e. The van der Waals surface area contributed by atoms with Crippen molar-refractivity contribution in [1.29, 1.82) is 0 Å². The minimum absolute atomic E-state index is 0.0595. The number of carbonyl (C=O) groups is 3. The predicted octanol–water partition coefficient (Wildman–Crippen LogP) is 9.71. The van der Waals surface area contributed by atoms with E-state index in [0.717, 1.165) is 35.3 Å². The fourth-order valence-electron chi connectivity index (χ4n) is 5.49. The van der Waals surface area contributed by atoms with E-state index in [1.165, 1.54) is 24.8 Å². The average molecular weight is 720 g/mol.